The Morgan fingerprint density at radius 2 is 2.33 bits per heavy atom. The number of aliphatic hydroxyl groups excluding tert-OH is 1. The van der Waals surface area contributed by atoms with Crippen molar-refractivity contribution < 1.29 is 14.6 Å². The Morgan fingerprint density at radius 3 is 2.94 bits per heavy atom. The van der Waals surface area contributed by atoms with Gasteiger partial charge in [-0.3, -0.25) is 0 Å². The molecule has 0 saturated carbocycles. The minimum atomic E-state index is -0.664. The number of esters is 1. The molecule has 0 bridgehead atoms. The maximum Gasteiger partial charge on any atom is 0.358 e. The van der Waals surface area contributed by atoms with Crippen molar-refractivity contribution in [3.05, 3.63) is 34.2 Å². The van der Waals surface area contributed by atoms with Gasteiger partial charge in [0, 0.05) is 22.4 Å². The third kappa shape index (κ3) is 2.39. The molecule has 2 aromatic rings. The molecular weight excluding hydrogens is 300 g/mol. The van der Waals surface area contributed by atoms with Gasteiger partial charge in [0.05, 0.1) is 12.7 Å². The Morgan fingerprint density at radius 1 is 1.61 bits per heavy atom. The standard InChI is InChI=1S/C12H13BrN2O3/c1-3-18-12(17)10-6-15-5-8(13)4-9(7(2)16)11(15)14-10/h4-7,16H,3H2,1-2H3. The molecule has 5 nitrogen and oxygen atoms in total. The van der Waals surface area contributed by atoms with Crippen LogP contribution in [0.3, 0.4) is 0 Å². The smallest absolute Gasteiger partial charge is 0.358 e. The van der Waals surface area contributed by atoms with Crippen LogP contribution < -0.4 is 0 Å². The first-order valence-electron chi connectivity index (χ1n) is 5.56. The van der Waals surface area contributed by atoms with Crippen LogP contribution in [-0.4, -0.2) is 27.1 Å². The van der Waals surface area contributed by atoms with E-state index in [1.165, 1.54) is 0 Å². The lowest BCUT2D eigenvalue weighted by Crippen LogP contribution is -2.04. The monoisotopic (exact) mass is 312 g/mol. The number of carbonyl (C=O) groups excluding carboxylic acids is 1. The number of carbonyl (C=O) groups is 1. The quantitative estimate of drug-likeness (QED) is 0.883. The van der Waals surface area contributed by atoms with Crippen LogP contribution in [0.4, 0.5) is 0 Å². The third-order valence-corrected chi connectivity index (χ3v) is 2.91. The second kappa shape index (κ2) is 5.07. The first-order valence-corrected chi connectivity index (χ1v) is 6.35. The van der Waals surface area contributed by atoms with E-state index in [1.54, 1.807) is 36.7 Å². The van der Waals surface area contributed by atoms with Crippen LogP contribution in [0.2, 0.25) is 0 Å². The minimum absolute atomic E-state index is 0.233. The molecule has 0 spiro atoms. The van der Waals surface area contributed by atoms with Crippen LogP contribution in [0, 0.1) is 0 Å². The Hall–Kier alpha value is -1.40. The molecule has 2 heterocycles. The summed E-state index contributed by atoms with van der Waals surface area (Å²) in [5.74, 6) is -0.464. The highest BCUT2D eigenvalue weighted by atomic mass is 79.9. The molecule has 96 valence electrons. The number of nitrogens with zero attached hydrogens (tertiary/aromatic N) is 2. The highest BCUT2D eigenvalue weighted by Crippen LogP contribution is 2.23. The summed E-state index contributed by atoms with van der Waals surface area (Å²) >= 11 is 3.35. The fourth-order valence-electron chi connectivity index (χ4n) is 1.70. The second-order valence-electron chi connectivity index (χ2n) is 3.87. The lowest BCUT2D eigenvalue weighted by molar-refractivity contribution is 0.0520. The van der Waals surface area contributed by atoms with E-state index >= 15 is 0 Å². The molecule has 2 rings (SSSR count). The number of hydrogen-bond donors (Lipinski definition) is 1. The van der Waals surface area contributed by atoms with Crippen LogP contribution in [0.25, 0.3) is 5.65 Å². The Labute approximate surface area is 113 Å². The van der Waals surface area contributed by atoms with Crippen molar-refractivity contribution in [3.8, 4) is 0 Å². The zero-order valence-corrected chi connectivity index (χ0v) is 11.6. The predicted molar refractivity (Wildman–Crippen MR) is 69.5 cm³/mol. The molecule has 18 heavy (non-hydrogen) atoms. The summed E-state index contributed by atoms with van der Waals surface area (Å²) in [5, 5.41) is 9.71. The molecule has 2 aromatic heterocycles. The Balaban J connectivity index is 2.56. The zero-order chi connectivity index (χ0) is 13.3. The summed E-state index contributed by atoms with van der Waals surface area (Å²) in [5.41, 5.74) is 1.44. The number of pyridine rings is 1. The molecule has 0 radical (unpaired) electrons. The summed E-state index contributed by atoms with van der Waals surface area (Å²) in [6.45, 7) is 3.70. The number of halogens is 1. The molecule has 6 heteroatoms. The van der Waals surface area contributed by atoms with Gasteiger partial charge in [-0.2, -0.15) is 0 Å². The van der Waals surface area contributed by atoms with Gasteiger partial charge in [0.15, 0.2) is 5.69 Å². The number of imidazole rings is 1. The van der Waals surface area contributed by atoms with E-state index in [0.717, 1.165) is 4.47 Å². The average Bonchev–Trinajstić information content (AvgIpc) is 2.71. The SMILES string of the molecule is CCOC(=O)c1cn2cc(Br)cc(C(C)O)c2n1. The maximum atomic E-state index is 11.6. The van der Waals surface area contributed by atoms with Gasteiger partial charge in [-0.25, -0.2) is 9.78 Å². The largest absolute Gasteiger partial charge is 0.461 e. The van der Waals surface area contributed by atoms with Crippen molar-refractivity contribution in [3.63, 3.8) is 0 Å². The van der Waals surface area contributed by atoms with Crippen molar-refractivity contribution >= 4 is 27.5 Å². The van der Waals surface area contributed by atoms with Gasteiger partial charge in [0.2, 0.25) is 0 Å². The van der Waals surface area contributed by atoms with E-state index in [9.17, 15) is 9.90 Å². The Bertz CT molecular complexity index is 592. The molecule has 0 amide bonds. The molecular formula is C12H13BrN2O3. The van der Waals surface area contributed by atoms with Crippen LogP contribution in [0.15, 0.2) is 22.9 Å². The summed E-state index contributed by atoms with van der Waals surface area (Å²) < 4.78 is 7.40. The van der Waals surface area contributed by atoms with Gasteiger partial charge in [-0.1, -0.05) is 0 Å². The fraction of sp³-hybridized carbons (Fsp3) is 0.333. The van der Waals surface area contributed by atoms with Crippen molar-refractivity contribution in [2.45, 2.75) is 20.0 Å². The highest BCUT2D eigenvalue weighted by Gasteiger charge is 2.16. The van der Waals surface area contributed by atoms with Crippen molar-refractivity contribution in [1.29, 1.82) is 0 Å². The molecule has 0 aliphatic carbocycles. The van der Waals surface area contributed by atoms with E-state index in [2.05, 4.69) is 20.9 Å². The van der Waals surface area contributed by atoms with Crippen LogP contribution in [0.1, 0.15) is 36.0 Å². The van der Waals surface area contributed by atoms with E-state index in [4.69, 9.17) is 4.74 Å². The van der Waals surface area contributed by atoms with E-state index in [0.29, 0.717) is 17.8 Å². The summed E-state index contributed by atoms with van der Waals surface area (Å²) in [7, 11) is 0. The van der Waals surface area contributed by atoms with Crippen LogP contribution >= 0.6 is 15.9 Å². The first-order chi connectivity index (χ1) is 8.52. The van der Waals surface area contributed by atoms with Gasteiger partial charge in [0.25, 0.3) is 0 Å². The first kappa shape index (κ1) is 13.0. The average molecular weight is 313 g/mol. The molecule has 0 aromatic carbocycles. The molecule has 1 N–H and O–H groups in total. The number of fused-ring (bicyclic) bond motifs is 1. The molecule has 1 atom stereocenters. The topological polar surface area (TPSA) is 63.8 Å². The van der Waals surface area contributed by atoms with Crippen molar-refractivity contribution in [2.75, 3.05) is 6.61 Å². The van der Waals surface area contributed by atoms with Crippen molar-refractivity contribution in [2.24, 2.45) is 0 Å². The van der Waals surface area contributed by atoms with E-state index in [1.807, 2.05) is 0 Å². The van der Waals surface area contributed by atoms with Gasteiger partial charge in [-0.05, 0) is 35.8 Å². The summed E-state index contributed by atoms with van der Waals surface area (Å²) in [4.78, 5) is 15.8. The number of hydrogen-bond acceptors (Lipinski definition) is 4. The van der Waals surface area contributed by atoms with Gasteiger partial charge in [0.1, 0.15) is 5.65 Å². The highest BCUT2D eigenvalue weighted by molar-refractivity contribution is 9.10. The molecule has 0 aliphatic rings. The van der Waals surface area contributed by atoms with Gasteiger partial charge < -0.3 is 14.2 Å². The molecule has 0 fully saturated rings. The van der Waals surface area contributed by atoms with Crippen molar-refractivity contribution in [1.82, 2.24) is 9.38 Å². The predicted octanol–water partition coefficient (Wildman–Crippen LogP) is 2.33. The normalized spacial score (nSPS) is 12.7. The van der Waals surface area contributed by atoms with E-state index in [-0.39, 0.29) is 5.69 Å². The fourth-order valence-corrected chi connectivity index (χ4v) is 2.17. The molecule has 1 unspecified atom stereocenters. The molecule has 0 saturated heterocycles. The van der Waals surface area contributed by atoms with Crippen LogP contribution in [-0.2, 0) is 4.74 Å². The Kier molecular flexibility index (Phi) is 3.68. The number of aromatic nitrogens is 2. The lowest BCUT2D eigenvalue weighted by Gasteiger charge is -2.06. The third-order valence-electron chi connectivity index (χ3n) is 2.48. The molecule has 0 aliphatic heterocycles. The summed E-state index contributed by atoms with van der Waals surface area (Å²) in [6.07, 6.45) is 2.70. The maximum absolute atomic E-state index is 11.6. The second-order valence-corrected chi connectivity index (χ2v) is 4.78. The summed E-state index contributed by atoms with van der Waals surface area (Å²) in [6, 6.07) is 1.78. The number of ether oxygens (including phenoxy) is 1. The van der Waals surface area contributed by atoms with Crippen LogP contribution in [0.5, 0.6) is 0 Å². The number of rotatable bonds is 3. The van der Waals surface area contributed by atoms with Gasteiger partial charge >= 0.3 is 5.97 Å². The lowest BCUT2D eigenvalue weighted by atomic mass is 10.2. The number of aliphatic hydroxyl groups is 1. The van der Waals surface area contributed by atoms with E-state index < -0.39 is 12.1 Å². The van der Waals surface area contributed by atoms with Gasteiger partial charge in [-0.15, -0.1) is 0 Å². The zero-order valence-electron chi connectivity index (χ0n) is 10.1. The minimum Gasteiger partial charge on any atom is -0.461 e.